The maximum atomic E-state index is 8.86. The number of halogens is 1. The van der Waals surface area contributed by atoms with Crippen LogP contribution in [0.2, 0.25) is 5.02 Å². The van der Waals surface area contributed by atoms with Crippen LogP contribution in [0.3, 0.4) is 0 Å². The van der Waals surface area contributed by atoms with E-state index in [1.165, 1.54) is 0 Å². The van der Waals surface area contributed by atoms with Gasteiger partial charge >= 0.3 is 0 Å². The second-order valence-corrected chi connectivity index (χ2v) is 2.81. The van der Waals surface area contributed by atoms with Crippen molar-refractivity contribution in [1.82, 2.24) is 14.8 Å². The van der Waals surface area contributed by atoms with Gasteiger partial charge in [0.1, 0.15) is 5.69 Å². The van der Waals surface area contributed by atoms with Crippen LogP contribution in [0.5, 0.6) is 0 Å². The molecule has 1 N–H and O–H groups in total. The van der Waals surface area contributed by atoms with Gasteiger partial charge in [-0.3, -0.25) is 0 Å². The molecule has 2 aromatic rings. The summed E-state index contributed by atoms with van der Waals surface area (Å²) in [4.78, 5) is 0. The highest BCUT2D eigenvalue weighted by Gasteiger charge is 2.03. The van der Waals surface area contributed by atoms with Gasteiger partial charge in [-0.15, -0.1) is 5.10 Å². The van der Waals surface area contributed by atoms with Crippen molar-refractivity contribution in [2.24, 2.45) is 0 Å². The van der Waals surface area contributed by atoms with Crippen LogP contribution in [0, 0.1) is 0 Å². The molecule has 2 heterocycles. The van der Waals surface area contributed by atoms with Gasteiger partial charge in [0.2, 0.25) is 0 Å². The first-order valence-corrected chi connectivity index (χ1v) is 3.79. The zero-order valence-electron chi connectivity index (χ0n) is 6.11. The molecule has 0 bridgehead atoms. The van der Waals surface area contributed by atoms with E-state index in [-0.39, 0.29) is 6.61 Å². The van der Waals surface area contributed by atoms with Gasteiger partial charge in [0.05, 0.1) is 12.1 Å². The van der Waals surface area contributed by atoms with Crippen LogP contribution in [0.4, 0.5) is 0 Å². The third-order valence-electron chi connectivity index (χ3n) is 1.60. The monoisotopic (exact) mass is 183 g/mol. The second-order valence-electron chi connectivity index (χ2n) is 2.37. The average Bonchev–Trinajstić information content (AvgIpc) is 2.46. The average molecular weight is 184 g/mol. The summed E-state index contributed by atoms with van der Waals surface area (Å²) >= 11 is 5.75. The van der Waals surface area contributed by atoms with Crippen LogP contribution in [0.1, 0.15) is 5.69 Å². The molecule has 62 valence electrons. The smallest absolute Gasteiger partial charge is 0.116 e. The number of aliphatic hydroxyl groups excluding tert-OH is 1. The Kier molecular flexibility index (Phi) is 1.71. The zero-order chi connectivity index (χ0) is 8.55. The molecular formula is C7H6ClN3O. The minimum atomic E-state index is -0.121. The van der Waals surface area contributed by atoms with Gasteiger partial charge in [0.15, 0.2) is 0 Å². The molecule has 4 nitrogen and oxygen atoms in total. The summed E-state index contributed by atoms with van der Waals surface area (Å²) in [5, 5.41) is 17.0. The molecule has 0 saturated heterocycles. The summed E-state index contributed by atoms with van der Waals surface area (Å²) in [5.41, 5.74) is 1.28. The Morgan fingerprint density at radius 2 is 2.42 bits per heavy atom. The Morgan fingerprint density at radius 3 is 3.17 bits per heavy atom. The lowest BCUT2D eigenvalue weighted by atomic mass is 10.3. The number of fused-ring (bicyclic) bond motifs is 1. The van der Waals surface area contributed by atoms with Crippen molar-refractivity contribution >= 4 is 17.1 Å². The number of aromatic nitrogens is 3. The third kappa shape index (κ3) is 1.05. The molecule has 0 aromatic carbocycles. The first kappa shape index (κ1) is 7.52. The topological polar surface area (TPSA) is 50.4 Å². The maximum absolute atomic E-state index is 8.86. The summed E-state index contributed by atoms with van der Waals surface area (Å²) in [7, 11) is 0. The molecule has 2 rings (SSSR count). The fourth-order valence-corrected chi connectivity index (χ4v) is 1.19. The molecule has 12 heavy (non-hydrogen) atoms. The number of nitrogens with zero attached hydrogens (tertiary/aromatic N) is 3. The van der Waals surface area contributed by atoms with E-state index < -0.39 is 0 Å². The molecule has 0 unspecified atom stereocenters. The van der Waals surface area contributed by atoms with Gasteiger partial charge in [-0.1, -0.05) is 16.8 Å². The maximum Gasteiger partial charge on any atom is 0.116 e. The fourth-order valence-electron chi connectivity index (χ4n) is 1.03. The molecular weight excluding hydrogens is 178 g/mol. The van der Waals surface area contributed by atoms with Gasteiger partial charge in [0.25, 0.3) is 0 Å². The largest absolute Gasteiger partial charge is 0.390 e. The lowest BCUT2D eigenvalue weighted by molar-refractivity contribution is 0.278. The normalized spacial score (nSPS) is 10.8. The zero-order valence-corrected chi connectivity index (χ0v) is 6.86. The predicted octanol–water partition coefficient (Wildman–Crippen LogP) is 0.875. The van der Waals surface area contributed by atoms with E-state index in [1.54, 1.807) is 22.8 Å². The van der Waals surface area contributed by atoms with Crippen LogP contribution < -0.4 is 0 Å². The van der Waals surface area contributed by atoms with Crippen molar-refractivity contribution in [3.8, 4) is 0 Å². The minimum absolute atomic E-state index is 0.121. The fraction of sp³-hybridized carbons (Fsp3) is 0.143. The Hall–Kier alpha value is -1.13. The molecule has 0 atom stereocenters. The molecule has 0 radical (unpaired) electrons. The van der Waals surface area contributed by atoms with Crippen LogP contribution >= 0.6 is 11.6 Å². The Balaban J connectivity index is 2.75. The van der Waals surface area contributed by atoms with Gasteiger partial charge in [0, 0.05) is 11.2 Å². The highest BCUT2D eigenvalue weighted by molar-refractivity contribution is 6.30. The summed E-state index contributed by atoms with van der Waals surface area (Å²) in [6.07, 6.45) is 1.70. The molecule has 0 aliphatic rings. The summed E-state index contributed by atoms with van der Waals surface area (Å²) < 4.78 is 1.57. The Bertz CT molecular complexity index is 412. The van der Waals surface area contributed by atoms with Gasteiger partial charge in [-0.05, 0) is 12.1 Å². The molecule has 0 amide bonds. The van der Waals surface area contributed by atoms with E-state index in [4.69, 9.17) is 16.7 Å². The molecule has 0 aliphatic heterocycles. The highest BCUT2D eigenvalue weighted by Crippen LogP contribution is 2.13. The van der Waals surface area contributed by atoms with Crippen LogP contribution in [0.25, 0.3) is 5.52 Å². The van der Waals surface area contributed by atoms with E-state index >= 15 is 0 Å². The summed E-state index contributed by atoms with van der Waals surface area (Å²) in [5.74, 6) is 0. The lowest BCUT2D eigenvalue weighted by Crippen LogP contribution is -1.86. The van der Waals surface area contributed by atoms with E-state index in [0.29, 0.717) is 10.7 Å². The van der Waals surface area contributed by atoms with E-state index in [2.05, 4.69) is 10.3 Å². The quantitative estimate of drug-likeness (QED) is 0.714. The first-order chi connectivity index (χ1) is 5.81. The molecule has 2 aromatic heterocycles. The third-order valence-corrected chi connectivity index (χ3v) is 1.84. The highest BCUT2D eigenvalue weighted by atomic mass is 35.5. The molecule has 0 fully saturated rings. The van der Waals surface area contributed by atoms with E-state index in [0.717, 1.165) is 5.52 Å². The van der Waals surface area contributed by atoms with Crippen molar-refractivity contribution in [3.63, 3.8) is 0 Å². The van der Waals surface area contributed by atoms with Crippen molar-refractivity contribution in [1.29, 1.82) is 0 Å². The number of rotatable bonds is 1. The van der Waals surface area contributed by atoms with Crippen molar-refractivity contribution < 1.29 is 5.11 Å². The van der Waals surface area contributed by atoms with Crippen LogP contribution in [-0.4, -0.2) is 19.9 Å². The number of pyridine rings is 1. The second kappa shape index (κ2) is 2.73. The molecule has 0 saturated carbocycles. The van der Waals surface area contributed by atoms with E-state index in [9.17, 15) is 0 Å². The van der Waals surface area contributed by atoms with Crippen LogP contribution in [-0.2, 0) is 6.61 Å². The molecule has 0 spiro atoms. The number of aliphatic hydroxyl groups is 1. The van der Waals surface area contributed by atoms with E-state index in [1.807, 2.05) is 0 Å². The summed E-state index contributed by atoms with van der Waals surface area (Å²) in [6, 6.07) is 3.43. The van der Waals surface area contributed by atoms with Crippen molar-refractivity contribution in [2.75, 3.05) is 0 Å². The minimum Gasteiger partial charge on any atom is -0.390 e. The molecule has 5 heteroatoms. The summed E-state index contributed by atoms with van der Waals surface area (Å²) in [6.45, 7) is -0.121. The first-order valence-electron chi connectivity index (χ1n) is 3.41. The van der Waals surface area contributed by atoms with Gasteiger partial charge in [-0.2, -0.15) is 0 Å². The molecule has 0 aliphatic carbocycles. The Morgan fingerprint density at radius 1 is 1.58 bits per heavy atom. The Labute approximate surface area is 73.4 Å². The van der Waals surface area contributed by atoms with Crippen LogP contribution in [0.15, 0.2) is 18.3 Å². The lowest BCUT2D eigenvalue weighted by Gasteiger charge is -1.92. The number of hydrogen-bond donors (Lipinski definition) is 1. The standard InChI is InChI=1S/C7H6ClN3O/c8-5-1-2-11-7(3-5)6(4-12)9-10-11/h1-3,12H,4H2. The van der Waals surface area contributed by atoms with Gasteiger partial charge in [-0.25, -0.2) is 4.52 Å². The van der Waals surface area contributed by atoms with Crippen molar-refractivity contribution in [3.05, 3.63) is 29.0 Å². The van der Waals surface area contributed by atoms with Crippen molar-refractivity contribution in [2.45, 2.75) is 6.61 Å². The van der Waals surface area contributed by atoms with Gasteiger partial charge < -0.3 is 5.11 Å². The number of hydrogen-bond acceptors (Lipinski definition) is 3. The SMILES string of the molecule is OCc1nnn2ccc(Cl)cc12. The predicted molar refractivity (Wildman–Crippen MR) is 43.9 cm³/mol.